The molecule has 0 saturated carbocycles. The van der Waals surface area contributed by atoms with E-state index in [1.54, 1.807) is 58.5 Å². The predicted octanol–water partition coefficient (Wildman–Crippen LogP) is 2.75. The van der Waals surface area contributed by atoms with E-state index >= 15 is 0 Å². The lowest BCUT2D eigenvalue weighted by Crippen LogP contribution is -2.11. The number of anilines is 1. The minimum Gasteiger partial charge on any atom is -0.422 e. The number of ether oxygens (including phenoxy) is 1. The van der Waals surface area contributed by atoms with E-state index in [0.29, 0.717) is 22.0 Å². The Balaban J connectivity index is 1.39. The Kier molecular flexibility index (Phi) is 4.92. The summed E-state index contributed by atoms with van der Waals surface area (Å²) < 4.78 is 8.58. The lowest BCUT2D eigenvalue weighted by atomic mass is 10.2. The summed E-state index contributed by atoms with van der Waals surface area (Å²) >= 11 is 1.34. The van der Waals surface area contributed by atoms with Crippen LogP contribution in [0.2, 0.25) is 0 Å². The molecule has 0 aliphatic heterocycles. The Hall–Kier alpha value is -3.79. The highest BCUT2D eigenvalue weighted by atomic mass is 32.1. The second-order valence-electron chi connectivity index (χ2n) is 6.21. The molecule has 146 valence electrons. The fourth-order valence-corrected chi connectivity index (χ4v) is 3.30. The highest BCUT2D eigenvalue weighted by molar-refractivity contribution is 7.13. The van der Waals surface area contributed by atoms with E-state index in [9.17, 15) is 9.59 Å². The standard InChI is InChI=1S/C19H16N6O3S/c1-24-9-12(7-20-24)17(26)22-14-3-5-15(6-4-14)28-19(27)16-11-29-18(23-16)13-8-21-25(2)10-13/h3-11H,1-2H3,(H,22,26). The zero-order valence-corrected chi connectivity index (χ0v) is 16.4. The van der Waals surface area contributed by atoms with Crippen LogP contribution < -0.4 is 10.1 Å². The van der Waals surface area contributed by atoms with Crippen LogP contribution in [-0.2, 0) is 14.1 Å². The molecule has 0 radical (unpaired) electrons. The van der Waals surface area contributed by atoms with Crippen molar-refractivity contribution in [2.75, 3.05) is 5.32 Å². The molecule has 1 aromatic carbocycles. The number of rotatable bonds is 5. The maximum absolute atomic E-state index is 12.3. The normalized spacial score (nSPS) is 10.7. The molecule has 1 N–H and O–H groups in total. The van der Waals surface area contributed by atoms with E-state index < -0.39 is 5.97 Å². The number of carbonyl (C=O) groups excluding carboxylic acids is 2. The van der Waals surface area contributed by atoms with Gasteiger partial charge in [0.15, 0.2) is 5.69 Å². The average Bonchev–Trinajstić information content (AvgIpc) is 3.44. The van der Waals surface area contributed by atoms with Gasteiger partial charge in [0.25, 0.3) is 5.91 Å². The molecule has 0 atom stereocenters. The molecule has 0 unspecified atom stereocenters. The maximum atomic E-state index is 12.3. The van der Waals surface area contributed by atoms with E-state index in [2.05, 4.69) is 20.5 Å². The van der Waals surface area contributed by atoms with E-state index in [1.807, 2.05) is 13.2 Å². The second kappa shape index (κ2) is 7.68. The smallest absolute Gasteiger partial charge is 0.363 e. The van der Waals surface area contributed by atoms with Gasteiger partial charge < -0.3 is 10.1 Å². The SMILES string of the molecule is Cn1cc(C(=O)Nc2ccc(OC(=O)c3csc(-c4cnn(C)c4)n3)cc2)cn1. The topological polar surface area (TPSA) is 104 Å². The molecule has 3 aromatic heterocycles. The van der Waals surface area contributed by atoms with Gasteiger partial charge in [-0.05, 0) is 24.3 Å². The number of esters is 1. The third-order valence-corrected chi connectivity index (χ3v) is 4.85. The number of nitrogens with one attached hydrogen (secondary N) is 1. The number of aryl methyl sites for hydroxylation is 2. The summed E-state index contributed by atoms with van der Waals surface area (Å²) in [7, 11) is 3.55. The molecule has 0 saturated heterocycles. The molecule has 4 aromatic rings. The number of hydrogen-bond donors (Lipinski definition) is 1. The summed E-state index contributed by atoms with van der Waals surface area (Å²) in [6.45, 7) is 0. The quantitative estimate of drug-likeness (QED) is 0.402. The third kappa shape index (κ3) is 4.22. The molecule has 29 heavy (non-hydrogen) atoms. The number of thiazole rings is 1. The first-order valence-electron chi connectivity index (χ1n) is 8.55. The Morgan fingerprint density at radius 2 is 1.76 bits per heavy atom. The van der Waals surface area contributed by atoms with Gasteiger partial charge in [0.05, 0.1) is 18.0 Å². The second-order valence-corrected chi connectivity index (χ2v) is 7.07. The number of benzene rings is 1. The van der Waals surface area contributed by atoms with Gasteiger partial charge in [-0.15, -0.1) is 11.3 Å². The number of nitrogens with zero attached hydrogens (tertiary/aromatic N) is 5. The van der Waals surface area contributed by atoms with Gasteiger partial charge in [0.2, 0.25) is 0 Å². The van der Waals surface area contributed by atoms with E-state index in [4.69, 9.17) is 4.74 Å². The van der Waals surface area contributed by atoms with Crippen LogP contribution in [0.3, 0.4) is 0 Å². The molecule has 0 fully saturated rings. The molecule has 0 spiro atoms. The number of carbonyl (C=O) groups is 2. The molecule has 0 aliphatic carbocycles. The molecular weight excluding hydrogens is 392 g/mol. The van der Waals surface area contributed by atoms with Crippen molar-refractivity contribution >= 4 is 28.9 Å². The van der Waals surface area contributed by atoms with Crippen LogP contribution in [0.5, 0.6) is 5.75 Å². The third-order valence-electron chi connectivity index (χ3n) is 3.95. The lowest BCUT2D eigenvalue weighted by Gasteiger charge is -2.06. The zero-order chi connectivity index (χ0) is 20.4. The summed E-state index contributed by atoms with van der Waals surface area (Å²) in [5, 5.41) is 13.2. The Morgan fingerprint density at radius 1 is 1.03 bits per heavy atom. The van der Waals surface area contributed by atoms with Gasteiger partial charge in [-0.2, -0.15) is 10.2 Å². The highest BCUT2D eigenvalue weighted by Gasteiger charge is 2.15. The van der Waals surface area contributed by atoms with Crippen molar-refractivity contribution < 1.29 is 14.3 Å². The summed E-state index contributed by atoms with van der Waals surface area (Å²) in [5.74, 6) is -0.470. The van der Waals surface area contributed by atoms with Crippen LogP contribution in [0.4, 0.5) is 5.69 Å². The minimum atomic E-state index is -0.552. The van der Waals surface area contributed by atoms with E-state index in [1.165, 1.54) is 17.5 Å². The predicted molar refractivity (Wildman–Crippen MR) is 107 cm³/mol. The van der Waals surface area contributed by atoms with Crippen molar-refractivity contribution in [2.24, 2.45) is 14.1 Å². The highest BCUT2D eigenvalue weighted by Crippen LogP contribution is 2.24. The number of hydrogen-bond acceptors (Lipinski definition) is 7. The molecule has 4 rings (SSSR count). The van der Waals surface area contributed by atoms with Gasteiger partial charge in [0.1, 0.15) is 10.8 Å². The largest absolute Gasteiger partial charge is 0.422 e. The molecule has 0 bridgehead atoms. The van der Waals surface area contributed by atoms with Gasteiger partial charge >= 0.3 is 5.97 Å². The van der Waals surface area contributed by atoms with Gasteiger partial charge in [-0.1, -0.05) is 0 Å². The van der Waals surface area contributed by atoms with Crippen molar-refractivity contribution in [1.82, 2.24) is 24.5 Å². The van der Waals surface area contributed by atoms with Crippen molar-refractivity contribution in [3.05, 3.63) is 65.7 Å². The zero-order valence-electron chi connectivity index (χ0n) is 15.6. The Labute approximate surface area is 169 Å². The number of aromatic nitrogens is 5. The number of amides is 1. The van der Waals surface area contributed by atoms with E-state index in [-0.39, 0.29) is 11.6 Å². The lowest BCUT2D eigenvalue weighted by molar-refractivity contribution is 0.0729. The minimum absolute atomic E-state index is 0.225. The summed E-state index contributed by atoms with van der Waals surface area (Å²) in [6, 6.07) is 6.51. The van der Waals surface area contributed by atoms with Gasteiger partial charge in [-0.25, -0.2) is 9.78 Å². The van der Waals surface area contributed by atoms with E-state index in [0.717, 1.165) is 5.56 Å². The first kappa shape index (κ1) is 18.6. The summed E-state index contributed by atoms with van der Waals surface area (Å²) in [4.78, 5) is 28.8. The van der Waals surface area contributed by atoms with Gasteiger partial charge in [-0.3, -0.25) is 14.2 Å². The maximum Gasteiger partial charge on any atom is 0.363 e. The molecule has 0 aliphatic rings. The summed E-state index contributed by atoms with van der Waals surface area (Å²) in [5.41, 5.74) is 2.09. The fraction of sp³-hybridized carbons (Fsp3) is 0.105. The molecule has 10 heteroatoms. The first-order chi connectivity index (χ1) is 14.0. The van der Waals surface area contributed by atoms with Crippen LogP contribution in [0, 0.1) is 0 Å². The average molecular weight is 408 g/mol. The molecular formula is C19H16N6O3S. The first-order valence-corrected chi connectivity index (χ1v) is 9.43. The monoisotopic (exact) mass is 408 g/mol. The van der Waals surface area contributed by atoms with Crippen molar-refractivity contribution in [3.63, 3.8) is 0 Å². The van der Waals surface area contributed by atoms with Crippen LogP contribution in [-0.4, -0.2) is 36.4 Å². The Morgan fingerprint density at radius 3 is 2.41 bits per heavy atom. The van der Waals surface area contributed by atoms with Crippen LogP contribution in [0.25, 0.3) is 10.6 Å². The van der Waals surface area contributed by atoms with Crippen molar-refractivity contribution in [2.45, 2.75) is 0 Å². The molecule has 1 amide bonds. The molecule has 9 nitrogen and oxygen atoms in total. The Bertz CT molecular complexity index is 1170. The van der Waals surface area contributed by atoms with Crippen LogP contribution in [0.1, 0.15) is 20.8 Å². The fourth-order valence-electron chi connectivity index (χ4n) is 2.54. The van der Waals surface area contributed by atoms with Crippen LogP contribution >= 0.6 is 11.3 Å². The van der Waals surface area contributed by atoms with Crippen LogP contribution in [0.15, 0.2) is 54.4 Å². The van der Waals surface area contributed by atoms with Crippen molar-refractivity contribution in [1.29, 1.82) is 0 Å². The molecule has 3 heterocycles. The summed E-state index contributed by atoms with van der Waals surface area (Å²) in [6.07, 6.45) is 6.62. The van der Waals surface area contributed by atoms with Gasteiger partial charge in [0, 0.05) is 43.1 Å². The van der Waals surface area contributed by atoms with Crippen molar-refractivity contribution in [3.8, 4) is 16.3 Å².